The van der Waals surface area contributed by atoms with E-state index in [2.05, 4.69) is 0 Å². The van der Waals surface area contributed by atoms with E-state index in [1.807, 2.05) is 0 Å². The van der Waals surface area contributed by atoms with Crippen LogP contribution in [-0.4, -0.2) is 34.6 Å². The standard InChI is InChI=1S/C14H20F6O3/c1-4-10(2,3)9(21)23-11(7-5-6-8-11)12(22,13(15,16)17)14(18,19)20/h22H,4-8H2,1-3H3. The zero-order valence-electron chi connectivity index (χ0n) is 13.1. The molecule has 0 spiro atoms. The van der Waals surface area contributed by atoms with E-state index in [0.29, 0.717) is 0 Å². The Morgan fingerprint density at radius 2 is 1.43 bits per heavy atom. The number of aliphatic hydroxyl groups is 1. The lowest BCUT2D eigenvalue weighted by Crippen LogP contribution is -2.71. The summed E-state index contributed by atoms with van der Waals surface area (Å²) < 4.78 is 83.7. The van der Waals surface area contributed by atoms with Crippen LogP contribution in [0.25, 0.3) is 0 Å². The molecule has 0 atom stereocenters. The van der Waals surface area contributed by atoms with Crippen molar-refractivity contribution >= 4 is 5.97 Å². The number of carbonyl (C=O) groups excluding carboxylic acids is 1. The molecule has 0 aromatic rings. The molecule has 0 amide bonds. The number of halogens is 6. The van der Waals surface area contributed by atoms with Gasteiger partial charge in [-0.15, -0.1) is 0 Å². The fraction of sp³-hybridized carbons (Fsp3) is 0.929. The molecular weight excluding hydrogens is 330 g/mol. The van der Waals surface area contributed by atoms with Crippen LogP contribution in [0.4, 0.5) is 26.3 Å². The zero-order chi connectivity index (χ0) is 18.3. The minimum Gasteiger partial charge on any atom is -0.455 e. The average molecular weight is 350 g/mol. The molecule has 23 heavy (non-hydrogen) atoms. The number of rotatable bonds is 4. The van der Waals surface area contributed by atoms with Gasteiger partial charge in [-0.3, -0.25) is 4.79 Å². The van der Waals surface area contributed by atoms with Crippen LogP contribution >= 0.6 is 0 Å². The summed E-state index contributed by atoms with van der Waals surface area (Å²) in [6, 6.07) is 0. The highest BCUT2D eigenvalue weighted by Crippen LogP contribution is 2.56. The molecule has 1 fully saturated rings. The van der Waals surface area contributed by atoms with Gasteiger partial charge >= 0.3 is 18.3 Å². The molecule has 0 aromatic carbocycles. The monoisotopic (exact) mass is 350 g/mol. The number of alkyl halides is 6. The molecule has 1 rings (SSSR count). The van der Waals surface area contributed by atoms with Crippen molar-refractivity contribution in [3.8, 4) is 0 Å². The highest BCUT2D eigenvalue weighted by Gasteiger charge is 2.81. The van der Waals surface area contributed by atoms with Crippen LogP contribution in [-0.2, 0) is 9.53 Å². The Balaban J connectivity index is 3.40. The molecule has 0 saturated heterocycles. The second kappa shape index (κ2) is 5.82. The molecule has 0 unspecified atom stereocenters. The Kier molecular flexibility index (Phi) is 5.08. The summed E-state index contributed by atoms with van der Waals surface area (Å²) in [6.07, 6.45) is -13.3. The molecule has 1 N–H and O–H groups in total. The molecule has 1 aliphatic rings. The van der Waals surface area contributed by atoms with Gasteiger partial charge in [0.1, 0.15) is 0 Å². The number of hydrogen-bond acceptors (Lipinski definition) is 3. The van der Waals surface area contributed by atoms with Crippen molar-refractivity contribution in [1.29, 1.82) is 0 Å². The Hall–Kier alpha value is -0.990. The maximum Gasteiger partial charge on any atom is 0.430 e. The van der Waals surface area contributed by atoms with Gasteiger partial charge in [0.25, 0.3) is 5.60 Å². The molecule has 1 saturated carbocycles. The van der Waals surface area contributed by atoms with Gasteiger partial charge in [0, 0.05) is 0 Å². The van der Waals surface area contributed by atoms with Crippen molar-refractivity contribution in [3.63, 3.8) is 0 Å². The van der Waals surface area contributed by atoms with E-state index in [0.717, 1.165) is 0 Å². The highest BCUT2D eigenvalue weighted by molar-refractivity contribution is 5.76. The van der Waals surface area contributed by atoms with Crippen LogP contribution in [0.1, 0.15) is 52.9 Å². The summed E-state index contributed by atoms with van der Waals surface area (Å²) in [7, 11) is 0. The van der Waals surface area contributed by atoms with Crippen molar-refractivity contribution in [2.24, 2.45) is 5.41 Å². The topological polar surface area (TPSA) is 46.5 Å². The third-order valence-electron chi connectivity index (χ3n) is 4.62. The minimum atomic E-state index is -6.02. The lowest BCUT2D eigenvalue weighted by atomic mass is 9.79. The van der Waals surface area contributed by atoms with E-state index >= 15 is 0 Å². The molecular formula is C14H20F6O3. The first-order valence-corrected chi connectivity index (χ1v) is 7.24. The van der Waals surface area contributed by atoms with Gasteiger partial charge in [0.15, 0.2) is 5.60 Å². The predicted octanol–water partition coefficient (Wildman–Crippen LogP) is 4.13. The van der Waals surface area contributed by atoms with Crippen LogP contribution in [0.3, 0.4) is 0 Å². The van der Waals surface area contributed by atoms with E-state index in [1.54, 1.807) is 6.92 Å². The maximum atomic E-state index is 13.2. The van der Waals surface area contributed by atoms with Crippen LogP contribution in [0.5, 0.6) is 0 Å². The Labute approximate surface area is 130 Å². The minimum absolute atomic E-state index is 0.00565. The fourth-order valence-electron chi connectivity index (χ4n) is 2.62. The number of carbonyl (C=O) groups is 1. The van der Waals surface area contributed by atoms with E-state index in [-0.39, 0.29) is 19.3 Å². The molecule has 136 valence electrons. The van der Waals surface area contributed by atoms with E-state index < -0.39 is 47.8 Å². The van der Waals surface area contributed by atoms with Crippen molar-refractivity contribution in [2.75, 3.05) is 0 Å². The van der Waals surface area contributed by atoms with Crippen LogP contribution < -0.4 is 0 Å². The molecule has 1 aliphatic carbocycles. The Bertz CT molecular complexity index is 432. The van der Waals surface area contributed by atoms with Crippen molar-refractivity contribution in [1.82, 2.24) is 0 Å². The summed E-state index contributed by atoms with van der Waals surface area (Å²) in [5.74, 6) is -1.19. The molecule has 3 nitrogen and oxygen atoms in total. The first-order valence-electron chi connectivity index (χ1n) is 7.24. The normalized spacial score (nSPS) is 19.7. The molecule has 0 radical (unpaired) electrons. The average Bonchev–Trinajstić information content (AvgIpc) is 2.84. The summed E-state index contributed by atoms with van der Waals surface area (Å²) in [4.78, 5) is 12.1. The third kappa shape index (κ3) is 3.16. The summed E-state index contributed by atoms with van der Waals surface area (Å²) in [5, 5.41) is 9.69. The first-order chi connectivity index (χ1) is 10.1. The smallest absolute Gasteiger partial charge is 0.430 e. The number of ether oxygens (including phenoxy) is 1. The van der Waals surface area contributed by atoms with E-state index in [1.165, 1.54) is 13.8 Å². The maximum absolute atomic E-state index is 13.2. The van der Waals surface area contributed by atoms with Gasteiger partial charge in [0.05, 0.1) is 5.41 Å². The molecule has 0 aliphatic heterocycles. The summed E-state index contributed by atoms with van der Waals surface area (Å²) >= 11 is 0. The largest absolute Gasteiger partial charge is 0.455 e. The Morgan fingerprint density at radius 3 is 1.74 bits per heavy atom. The zero-order valence-corrected chi connectivity index (χ0v) is 13.1. The van der Waals surface area contributed by atoms with Crippen molar-refractivity contribution in [2.45, 2.75) is 76.4 Å². The second-order valence-electron chi connectivity index (χ2n) is 6.53. The quantitative estimate of drug-likeness (QED) is 0.612. The van der Waals surface area contributed by atoms with Crippen LogP contribution in [0.15, 0.2) is 0 Å². The van der Waals surface area contributed by atoms with Crippen LogP contribution in [0.2, 0.25) is 0 Å². The molecule has 9 heteroatoms. The molecule has 0 bridgehead atoms. The van der Waals surface area contributed by atoms with Gasteiger partial charge in [-0.1, -0.05) is 6.92 Å². The van der Waals surface area contributed by atoms with Gasteiger partial charge < -0.3 is 9.84 Å². The van der Waals surface area contributed by atoms with Crippen molar-refractivity contribution in [3.05, 3.63) is 0 Å². The molecule has 0 aromatic heterocycles. The van der Waals surface area contributed by atoms with Gasteiger partial charge in [-0.2, -0.15) is 26.3 Å². The van der Waals surface area contributed by atoms with Crippen LogP contribution in [0, 0.1) is 5.41 Å². The number of hydrogen-bond donors (Lipinski definition) is 1. The highest BCUT2D eigenvalue weighted by atomic mass is 19.4. The second-order valence-corrected chi connectivity index (χ2v) is 6.53. The summed E-state index contributed by atoms with van der Waals surface area (Å²) in [5.41, 5.74) is -9.40. The van der Waals surface area contributed by atoms with Crippen molar-refractivity contribution < 1.29 is 41.0 Å². The van der Waals surface area contributed by atoms with Gasteiger partial charge in [0.2, 0.25) is 0 Å². The lowest BCUT2D eigenvalue weighted by molar-refractivity contribution is -0.412. The van der Waals surface area contributed by atoms with Gasteiger partial charge in [-0.25, -0.2) is 0 Å². The third-order valence-corrected chi connectivity index (χ3v) is 4.62. The van der Waals surface area contributed by atoms with E-state index in [4.69, 9.17) is 4.74 Å². The summed E-state index contributed by atoms with van der Waals surface area (Å²) in [6.45, 7) is 4.28. The molecule has 0 heterocycles. The first kappa shape index (κ1) is 20.1. The fourth-order valence-corrected chi connectivity index (χ4v) is 2.62. The van der Waals surface area contributed by atoms with Gasteiger partial charge in [-0.05, 0) is 46.0 Å². The number of esters is 1. The van der Waals surface area contributed by atoms with E-state index in [9.17, 15) is 36.2 Å². The Morgan fingerprint density at radius 1 is 1.04 bits per heavy atom. The predicted molar refractivity (Wildman–Crippen MR) is 68.4 cm³/mol. The SMILES string of the molecule is CCC(C)(C)C(=O)OC1(C(O)(C(F)(F)F)C(F)(F)F)CCCC1. The lowest BCUT2D eigenvalue weighted by Gasteiger charge is -2.46.